The molecular weight excluding hydrogens is 778 g/mol. The normalized spacial score (nSPS) is 48.4. The standard InChI is InChI=1S/2C21H31O3.2Y/c2*1-20-9-7-15(24-12-11-22)13-14(20)3-4-16-17-5-6-19(23)21(17,2)10-8-18(16)20;;/h2*13,15-19,23H,3-10,12H2,1-2H3;;/q2*-1;;/t2*15-,16?,17?,18?,19?,20?,21?;;/m11../s1. The van der Waals surface area contributed by atoms with E-state index in [0.717, 1.165) is 49.4 Å². The second kappa shape index (κ2) is 16.5. The Morgan fingerprint density at radius 3 is 1.36 bits per heavy atom. The number of allylic oxidation sites excluding steroid dienone is 2. The van der Waals surface area contributed by atoms with Gasteiger partial charge in [0.15, 0.2) is 0 Å². The van der Waals surface area contributed by atoms with E-state index in [1.165, 1.54) is 77.0 Å². The Labute approximate surface area is 352 Å². The van der Waals surface area contributed by atoms with Gasteiger partial charge in [0, 0.05) is 65.4 Å². The molecule has 8 heteroatoms. The zero-order valence-corrected chi connectivity index (χ0v) is 37.0. The van der Waals surface area contributed by atoms with Crippen LogP contribution in [0, 0.1) is 57.2 Å². The van der Waals surface area contributed by atoms with Crippen molar-refractivity contribution in [2.24, 2.45) is 57.2 Å². The Morgan fingerprint density at radius 2 is 0.980 bits per heavy atom. The maximum absolute atomic E-state index is 10.5. The quantitative estimate of drug-likeness (QED) is 0.212. The first kappa shape index (κ1) is 42.0. The molecule has 0 aromatic carbocycles. The van der Waals surface area contributed by atoms with E-state index in [4.69, 9.17) is 9.47 Å². The van der Waals surface area contributed by atoms with Crippen LogP contribution in [0.5, 0.6) is 0 Å². The van der Waals surface area contributed by atoms with Crippen LogP contribution in [0.4, 0.5) is 0 Å². The van der Waals surface area contributed by atoms with Gasteiger partial charge in [-0.15, -0.1) is 0 Å². The number of rotatable bonds is 6. The topological polar surface area (TPSA) is 93.1 Å². The molecule has 0 saturated heterocycles. The molecule has 274 valence electrons. The van der Waals surface area contributed by atoms with Crippen molar-refractivity contribution in [3.8, 4) is 0 Å². The molecule has 0 heterocycles. The predicted molar refractivity (Wildman–Crippen MR) is 186 cm³/mol. The van der Waals surface area contributed by atoms with E-state index in [1.54, 1.807) is 11.1 Å². The minimum atomic E-state index is -0.0862. The minimum Gasteiger partial charge on any atom is -0.540 e. The number of aliphatic hydroxyl groups is 2. The second-order valence-electron chi connectivity index (χ2n) is 18.4. The molecule has 0 aliphatic heterocycles. The van der Waals surface area contributed by atoms with Gasteiger partial charge in [0.05, 0.1) is 24.4 Å². The molecule has 50 heavy (non-hydrogen) atoms. The minimum absolute atomic E-state index is 0. The fraction of sp³-hybridized carbons (Fsp3) is 0.857. The summed E-state index contributed by atoms with van der Waals surface area (Å²) in [6.45, 7) is 9.84. The Kier molecular flexibility index (Phi) is 13.9. The first-order valence-electron chi connectivity index (χ1n) is 19.7. The van der Waals surface area contributed by atoms with Crippen LogP contribution in [0.3, 0.4) is 0 Å². The average molecular weight is 841 g/mol. The van der Waals surface area contributed by atoms with Crippen molar-refractivity contribution in [1.82, 2.24) is 0 Å². The van der Waals surface area contributed by atoms with Crippen molar-refractivity contribution in [1.29, 1.82) is 0 Å². The van der Waals surface area contributed by atoms with Crippen molar-refractivity contribution in [2.45, 2.75) is 155 Å². The van der Waals surface area contributed by atoms with E-state index in [-0.39, 0.29) is 114 Å². The Morgan fingerprint density at radius 1 is 0.580 bits per heavy atom. The molecular formula is C42H62O6Y2-2. The van der Waals surface area contributed by atoms with Gasteiger partial charge in [-0.3, -0.25) is 0 Å². The molecule has 6 nitrogen and oxygen atoms in total. The first-order valence-corrected chi connectivity index (χ1v) is 19.7. The van der Waals surface area contributed by atoms with Crippen LogP contribution in [-0.4, -0.2) is 60.4 Å². The van der Waals surface area contributed by atoms with Gasteiger partial charge >= 0.3 is 0 Å². The summed E-state index contributed by atoms with van der Waals surface area (Å²) in [7, 11) is 0. The first-order chi connectivity index (χ1) is 23.0. The molecule has 2 radical (unpaired) electrons. The molecule has 0 aromatic rings. The van der Waals surface area contributed by atoms with E-state index in [9.17, 15) is 19.8 Å². The van der Waals surface area contributed by atoms with Gasteiger partial charge in [0.2, 0.25) is 0 Å². The molecule has 2 N–H and O–H groups in total. The monoisotopic (exact) mass is 840 g/mol. The van der Waals surface area contributed by atoms with Crippen LogP contribution in [0.2, 0.25) is 0 Å². The Balaban J connectivity index is 0.000000187. The van der Waals surface area contributed by atoms with E-state index < -0.39 is 0 Å². The molecule has 8 aliphatic carbocycles. The van der Waals surface area contributed by atoms with Crippen LogP contribution in [-0.2, 0) is 84.5 Å². The maximum Gasteiger partial charge on any atom is 0.0726 e. The van der Waals surface area contributed by atoms with Gasteiger partial charge in [-0.25, -0.2) is 12.6 Å². The van der Waals surface area contributed by atoms with Crippen LogP contribution in [0.15, 0.2) is 23.3 Å². The second-order valence-corrected chi connectivity index (χ2v) is 18.4. The summed E-state index contributed by atoms with van der Waals surface area (Å²) in [6, 6.07) is 0. The number of fused-ring (bicyclic) bond motifs is 10. The summed E-state index contributed by atoms with van der Waals surface area (Å²) in [5.74, 6) is 4.51. The van der Waals surface area contributed by atoms with Gasteiger partial charge < -0.3 is 29.3 Å². The number of aliphatic hydroxyl groups excluding tert-OH is 2. The van der Waals surface area contributed by atoms with Crippen molar-refractivity contribution < 1.29 is 94.7 Å². The molecule has 0 aromatic heterocycles. The van der Waals surface area contributed by atoms with E-state index >= 15 is 0 Å². The zero-order valence-electron chi connectivity index (χ0n) is 31.3. The molecule has 6 fully saturated rings. The van der Waals surface area contributed by atoms with E-state index in [1.807, 2.05) is 12.6 Å². The largest absolute Gasteiger partial charge is 0.540 e. The summed E-state index contributed by atoms with van der Waals surface area (Å²) >= 11 is 0. The van der Waals surface area contributed by atoms with Crippen LogP contribution in [0.1, 0.15) is 130 Å². The zero-order chi connectivity index (χ0) is 33.9. The molecule has 12 unspecified atom stereocenters. The van der Waals surface area contributed by atoms with Gasteiger partial charge in [-0.05, 0) is 173 Å². The summed E-state index contributed by atoms with van der Waals surface area (Å²) < 4.78 is 11.3. The van der Waals surface area contributed by atoms with Crippen LogP contribution in [0.25, 0.3) is 0 Å². The van der Waals surface area contributed by atoms with Gasteiger partial charge in [-0.2, -0.15) is 0 Å². The van der Waals surface area contributed by atoms with E-state index in [0.29, 0.717) is 22.7 Å². The smallest absolute Gasteiger partial charge is 0.0726 e. The number of ether oxygens (including phenoxy) is 2. The molecule has 0 bridgehead atoms. The molecule has 0 amide bonds. The molecule has 8 rings (SSSR count). The Hall–Kier alpha value is 0.868. The SMILES string of the molecule is CC12CC[C@@H](OC[C-]=O)C=C1CCC1C2CCC2(C)C(O)CCC12.CC12CC[C@@H](OC[C-]=O)C=C1CCC1C2CCC2(C)C(O)CCC12.[Y].[Y]. The number of hydrogen-bond donors (Lipinski definition) is 2. The summed E-state index contributed by atoms with van der Waals surface area (Å²) in [6.07, 6.45) is 27.0. The third-order valence-corrected chi connectivity index (χ3v) is 16.8. The Bertz CT molecular complexity index is 1190. The summed E-state index contributed by atoms with van der Waals surface area (Å²) in [5, 5.41) is 21.1. The fourth-order valence-corrected chi connectivity index (χ4v) is 13.9. The van der Waals surface area contributed by atoms with Crippen LogP contribution < -0.4 is 0 Å². The average Bonchev–Trinajstić information content (AvgIpc) is 3.56. The summed E-state index contributed by atoms with van der Waals surface area (Å²) in [5.41, 5.74) is 4.10. The summed E-state index contributed by atoms with van der Waals surface area (Å²) in [4.78, 5) is 20.9. The molecule has 6 saturated carbocycles. The van der Waals surface area contributed by atoms with Gasteiger partial charge in [-0.1, -0.05) is 51.0 Å². The number of carbonyl (C=O) groups excluding carboxylic acids is 2. The van der Waals surface area contributed by atoms with Crippen molar-refractivity contribution >= 4 is 12.6 Å². The van der Waals surface area contributed by atoms with Crippen LogP contribution >= 0.6 is 0 Å². The fourth-order valence-electron chi connectivity index (χ4n) is 13.9. The van der Waals surface area contributed by atoms with Gasteiger partial charge in [0.1, 0.15) is 0 Å². The molecule has 8 aliphatic rings. The molecule has 14 atom stereocenters. The maximum atomic E-state index is 10.5. The van der Waals surface area contributed by atoms with Crippen molar-refractivity contribution in [3.63, 3.8) is 0 Å². The third kappa shape index (κ3) is 7.18. The predicted octanol–water partition coefficient (Wildman–Crippen LogP) is 7.61. The van der Waals surface area contributed by atoms with E-state index in [2.05, 4.69) is 39.8 Å². The van der Waals surface area contributed by atoms with Gasteiger partial charge in [0.25, 0.3) is 0 Å². The number of hydrogen-bond acceptors (Lipinski definition) is 6. The molecule has 0 spiro atoms. The van der Waals surface area contributed by atoms with Crippen molar-refractivity contribution in [2.75, 3.05) is 13.2 Å². The third-order valence-electron chi connectivity index (χ3n) is 16.8. The van der Waals surface area contributed by atoms with Crippen molar-refractivity contribution in [3.05, 3.63) is 23.3 Å².